The maximum absolute atomic E-state index is 12.8. The summed E-state index contributed by atoms with van der Waals surface area (Å²) in [5, 5.41) is 6.37. The minimum absolute atomic E-state index is 0.0503. The van der Waals surface area contributed by atoms with Crippen LogP contribution in [0.3, 0.4) is 0 Å². The Hall–Kier alpha value is -3.35. The molecule has 0 saturated carbocycles. The lowest BCUT2D eigenvalue weighted by Gasteiger charge is -2.14. The van der Waals surface area contributed by atoms with Crippen LogP contribution in [0, 0.1) is 0 Å². The maximum atomic E-state index is 12.8. The Kier molecular flexibility index (Phi) is 7.60. The Morgan fingerprint density at radius 1 is 0.970 bits per heavy atom. The van der Waals surface area contributed by atoms with Crippen LogP contribution in [0.5, 0.6) is 5.75 Å². The molecule has 6 nitrogen and oxygen atoms in total. The van der Waals surface area contributed by atoms with Crippen molar-refractivity contribution < 1.29 is 19.1 Å². The third-order valence-corrected chi connectivity index (χ3v) is 5.77. The first-order valence-electron chi connectivity index (χ1n) is 10.9. The van der Waals surface area contributed by atoms with Crippen LogP contribution < -0.4 is 15.4 Å². The van der Waals surface area contributed by atoms with E-state index in [0.29, 0.717) is 40.7 Å². The third kappa shape index (κ3) is 6.12. The molecule has 3 aromatic carbocycles. The predicted molar refractivity (Wildman–Crippen MR) is 128 cm³/mol. The topological polar surface area (TPSA) is 76.7 Å². The van der Waals surface area contributed by atoms with Gasteiger partial charge < -0.3 is 20.1 Å². The van der Waals surface area contributed by atoms with E-state index in [1.54, 1.807) is 48.5 Å². The second-order valence-corrected chi connectivity index (χ2v) is 8.16. The number of ether oxygens (including phenoxy) is 2. The zero-order chi connectivity index (χ0) is 23.0. The Bertz CT molecular complexity index is 1110. The third-order valence-electron chi connectivity index (χ3n) is 5.40. The molecule has 3 aromatic rings. The Labute approximate surface area is 197 Å². The van der Waals surface area contributed by atoms with Gasteiger partial charge in [0.25, 0.3) is 11.8 Å². The van der Waals surface area contributed by atoms with E-state index in [0.717, 1.165) is 25.0 Å². The first kappa shape index (κ1) is 22.8. The minimum atomic E-state index is -0.313. The molecular formula is C26H25ClN2O4. The fraction of sp³-hybridized carbons (Fsp3) is 0.231. The molecule has 4 rings (SSSR count). The fourth-order valence-corrected chi connectivity index (χ4v) is 3.76. The van der Waals surface area contributed by atoms with Crippen molar-refractivity contribution in [3.8, 4) is 5.75 Å². The van der Waals surface area contributed by atoms with Gasteiger partial charge in [0.1, 0.15) is 12.4 Å². The van der Waals surface area contributed by atoms with Crippen molar-refractivity contribution in [3.63, 3.8) is 0 Å². The number of rotatable bonds is 8. The summed E-state index contributed by atoms with van der Waals surface area (Å²) in [6.07, 6.45) is 2.00. The number of carbonyl (C=O) groups is 2. The van der Waals surface area contributed by atoms with Crippen molar-refractivity contribution in [3.05, 3.63) is 94.5 Å². The van der Waals surface area contributed by atoms with Gasteiger partial charge in [-0.05, 0) is 55.3 Å². The van der Waals surface area contributed by atoms with Crippen LogP contribution >= 0.6 is 11.6 Å². The molecule has 1 aliphatic rings. The van der Waals surface area contributed by atoms with E-state index in [9.17, 15) is 9.59 Å². The molecule has 0 bridgehead atoms. The lowest BCUT2D eigenvalue weighted by Crippen LogP contribution is -2.32. The average Bonchev–Trinajstić information content (AvgIpc) is 3.36. The number of benzene rings is 3. The molecule has 0 aliphatic carbocycles. The molecular weight excluding hydrogens is 440 g/mol. The standard InChI is InChI=1S/C26H25ClN2O4/c27-23-9-3-1-6-19(23)17-33-20-13-11-18(12-14-20)25(30)29-24-10-4-2-8-22(24)26(31)28-16-21-7-5-15-32-21/h1-4,6,8-14,21H,5,7,15-17H2,(H,28,31)(H,29,30)/t21-/m1/s1. The summed E-state index contributed by atoms with van der Waals surface area (Å²) in [6, 6.07) is 21.2. The SMILES string of the molecule is O=C(Nc1ccccc1C(=O)NC[C@H]1CCCO1)c1ccc(OCc2ccccc2Cl)cc1. The van der Waals surface area contributed by atoms with E-state index in [4.69, 9.17) is 21.1 Å². The second kappa shape index (κ2) is 11.0. The molecule has 1 heterocycles. The molecule has 170 valence electrons. The van der Waals surface area contributed by atoms with Crippen LogP contribution in [0.4, 0.5) is 5.69 Å². The first-order chi connectivity index (χ1) is 16.1. The number of anilines is 1. The van der Waals surface area contributed by atoms with Crippen molar-refractivity contribution in [2.75, 3.05) is 18.5 Å². The number of hydrogen-bond donors (Lipinski definition) is 2. The van der Waals surface area contributed by atoms with Crippen LogP contribution in [-0.4, -0.2) is 31.1 Å². The highest BCUT2D eigenvalue weighted by atomic mass is 35.5. The molecule has 1 saturated heterocycles. The van der Waals surface area contributed by atoms with Crippen LogP contribution in [0.2, 0.25) is 5.02 Å². The van der Waals surface area contributed by atoms with Gasteiger partial charge in [-0.2, -0.15) is 0 Å². The lowest BCUT2D eigenvalue weighted by atomic mass is 10.1. The minimum Gasteiger partial charge on any atom is -0.489 e. The van der Waals surface area contributed by atoms with Gasteiger partial charge in [-0.1, -0.05) is 41.9 Å². The number of halogens is 1. The number of hydrogen-bond acceptors (Lipinski definition) is 4. The fourth-order valence-electron chi connectivity index (χ4n) is 3.57. The first-order valence-corrected chi connectivity index (χ1v) is 11.2. The normalized spacial score (nSPS) is 15.1. The highest BCUT2D eigenvalue weighted by Crippen LogP contribution is 2.21. The number of nitrogens with one attached hydrogen (secondary N) is 2. The molecule has 33 heavy (non-hydrogen) atoms. The molecule has 2 N–H and O–H groups in total. The molecule has 0 spiro atoms. The van der Waals surface area contributed by atoms with Crippen LogP contribution in [0.15, 0.2) is 72.8 Å². The van der Waals surface area contributed by atoms with Crippen molar-refractivity contribution in [1.29, 1.82) is 0 Å². The summed E-state index contributed by atoms with van der Waals surface area (Å²) in [5.74, 6) is 0.0668. The average molecular weight is 465 g/mol. The van der Waals surface area contributed by atoms with Gasteiger partial charge in [-0.3, -0.25) is 9.59 Å². The quantitative estimate of drug-likeness (QED) is 0.487. The van der Waals surface area contributed by atoms with Crippen molar-refractivity contribution in [2.24, 2.45) is 0 Å². The molecule has 0 radical (unpaired) electrons. The highest BCUT2D eigenvalue weighted by Gasteiger charge is 2.18. The summed E-state index contributed by atoms with van der Waals surface area (Å²) < 4.78 is 11.3. The van der Waals surface area contributed by atoms with Gasteiger partial charge in [0.2, 0.25) is 0 Å². The Morgan fingerprint density at radius 3 is 2.48 bits per heavy atom. The van der Waals surface area contributed by atoms with E-state index in [-0.39, 0.29) is 17.9 Å². The zero-order valence-electron chi connectivity index (χ0n) is 18.1. The lowest BCUT2D eigenvalue weighted by molar-refractivity contribution is 0.0858. The summed E-state index contributed by atoms with van der Waals surface area (Å²) in [6.45, 7) is 1.52. The molecule has 1 atom stereocenters. The van der Waals surface area contributed by atoms with Crippen LogP contribution in [0.1, 0.15) is 39.1 Å². The van der Waals surface area contributed by atoms with Crippen molar-refractivity contribution in [1.82, 2.24) is 5.32 Å². The van der Waals surface area contributed by atoms with E-state index in [1.165, 1.54) is 0 Å². The monoisotopic (exact) mass is 464 g/mol. The molecule has 7 heteroatoms. The Balaban J connectivity index is 1.36. The smallest absolute Gasteiger partial charge is 0.255 e. The van der Waals surface area contributed by atoms with Crippen molar-refractivity contribution in [2.45, 2.75) is 25.6 Å². The maximum Gasteiger partial charge on any atom is 0.255 e. The highest BCUT2D eigenvalue weighted by molar-refractivity contribution is 6.31. The summed E-state index contributed by atoms with van der Waals surface area (Å²) in [7, 11) is 0. The van der Waals surface area contributed by atoms with Gasteiger partial charge in [-0.25, -0.2) is 0 Å². The summed E-state index contributed by atoms with van der Waals surface area (Å²) >= 11 is 6.15. The molecule has 0 aromatic heterocycles. The molecule has 1 aliphatic heterocycles. The van der Waals surface area contributed by atoms with Crippen molar-refractivity contribution >= 4 is 29.1 Å². The van der Waals surface area contributed by atoms with E-state index in [2.05, 4.69) is 10.6 Å². The molecule has 2 amide bonds. The number of carbonyl (C=O) groups excluding carboxylic acids is 2. The van der Waals surface area contributed by atoms with E-state index >= 15 is 0 Å². The summed E-state index contributed by atoms with van der Waals surface area (Å²) in [4.78, 5) is 25.4. The Morgan fingerprint density at radius 2 is 1.73 bits per heavy atom. The van der Waals surface area contributed by atoms with Gasteiger partial charge >= 0.3 is 0 Å². The van der Waals surface area contributed by atoms with Gasteiger partial charge in [-0.15, -0.1) is 0 Å². The van der Waals surface area contributed by atoms with Crippen LogP contribution in [-0.2, 0) is 11.3 Å². The van der Waals surface area contributed by atoms with Gasteiger partial charge in [0.15, 0.2) is 0 Å². The van der Waals surface area contributed by atoms with Gasteiger partial charge in [0.05, 0.1) is 17.4 Å². The molecule has 1 fully saturated rings. The zero-order valence-corrected chi connectivity index (χ0v) is 18.8. The van der Waals surface area contributed by atoms with Gasteiger partial charge in [0, 0.05) is 29.3 Å². The van der Waals surface area contributed by atoms with E-state index in [1.807, 2.05) is 24.3 Å². The molecule has 0 unspecified atom stereocenters. The summed E-state index contributed by atoms with van der Waals surface area (Å²) in [5.41, 5.74) is 2.19. The number of amides is 2. The number of para-hydroxylation sites is 1. The largest absolute Gasteiger partial charge is 0.489 e. The van der Waals surface area contributed by atoms with E-state index < -0.39 is 0 Å². The second-order valence-electron chi connectivity index (χ2n) is 7.75. The predicted octanol–water partition coefficient (Wildman–Crippen LogP) is 5.08. The van der Waals surface area contributed by atoms with Crippen LogP contribution in [0.25, 0.3) is 0 Å².